The van der Waals surface area contributed by atoms with Crippen molar-refractivity contribution >= 4 is 29.3 Å². The van der Waals surface area contributed by atoms with Gasteiger partial charge in [0.1, 0.15) is 5.76 Å². The zero-order chi connectivity index (χ0) is 19.6. The summed E-state index contributed by atoms with van der Waals surface area (Å²) in [6, 6.07) is 9.63. The van der Waals surface area contributed by atoms with E-state index >= 15 is 0 Å². The SMILES string of the molecule is CCN(CC)c1ccc(/C=C/C2=Nc3ccc(C(=O)NC)cc3C2(C)C)o1. The molecule has 0 saturated carbocycles. The molecule has 5 heteroatoms. The van der Waals surface area contributed by atoms with Crippen molar-refractivity contribution < 1.29 is 9.21 Å². The van der Waals surface area contributed by atoms with Crippen LogP contribution in [0.1, 0.15) is 49.4 Å². The lowest BCUT2D eigenvalue weighted by Gasteiger charge is -2.20. The van der Waals surface area contributed by atoms with E-state index in [9.17, 15) is 4.79 Å². The largest absolute Gasteiger partial charge is 0.441 e. The van der Waals surface area contributed by atoms with Crippen LogP contribution in [-0.4, -0.2) is 31.8 Å². The smallest absolute Gasteiger partial charge is 0.251 e. The number of nitrogens with one attached hydrogen (secondary N) is 1. The van der Waals surface area contributed by atoms with Crippen LogP contribution in [0.5, 0.6) is 0 Å². The second-order valence-corrected chi connectivity index (χ2v) is 7.11. The molecule has 1 aromatic carbocycles. The quantitative estimate of drug-likeness (QED) is 0.816. The summed E-state index contributed by atoms with van der Waals surface area (Å²) in [5, 5.41) is 2.67. The molecule has 142 valence electrons. The molecule has 1 aliphatic heterocycles. The highest BCUT2D eigenvalue weighted by Crippen LogP contribution is 2.41. The van der Waals surface area contributed by atoms with Gasteiger partial charge in [-0.3, -0.25) is 9.79 Å². The van der Waals surface area contributed by atoms with Gasteiger partial charge in [0.05, 0.1) is 11.4 Å². The summed E-state index contributed by atoms with van der Waals surface area (Å²) in [6.07, 6.45) is 3.96. The first-order chi connectivity index (χ1) is 12.9. The van der Waals surface area contributed by atoms with Crippen LogP contribution in [0.4, 0.5) is 11.6 Å². The van der Waals surface area contributed by atoms with Crippen molar-refractivity contribution in [1.82, 2.24) is 5.32 Å². The van der Waals surface area contributed by atoms with E-state index < -0.39 is 0 Å². The van der Waals surface area contributed by atoms with E-state index in [0.717, 1.165) is 41.7 Å². The third kappa shape index (κ3) is 3.54. The standard InChI is InChI=1S/C22H27N3O2/c1-6-25(7-2)20-13-10-16(27-20)9-12-19-22(3,4)17-14-15(21(26)23-5)8-11-18(17)24-19/h8-14H,6-7H2,1-5H3,(H,23,26)/b12-9+. The molecule has 2 aromatic rings. The molecule has 1 amide bonds. The van der Waals surface area contributed by atoms with Gasteiger partial charge in [-0.05, 0) is 55.8 Å². The van der Waals surface area contributed by atoms with Gasteiger partial charge in [0.15, 0.2) is 5.88 Å². The second kappa shape index (κ2) is 7.43. The Morgan fingerprint density at radius 2 is 1.93 bits per heavy atom. The Labute approximate surface area is 160 Å². The maximum atomic E-state index is 11.9. The number of benzene rings is 1. The summed E-state index contributed by atoms with van der Waals surface area (Å²) in [7, 11) is 1.64. The average Bonchev–Trinajstić information content (AvgIpc) is 3.23. The zero-order valence-corrected chi connectivity index (χ0v) is 16.7. The number of rotatable bonds is 6. The molecule has 1 N–H and O–H groups in total. The first-order valence-corrected chi connectivity index (χ1v) is 9.39. The van der Waals surface area contributed by atoms with E-state index in [1.54, 1.807) is 7.05 Å². The lowest BCUT2D eigenvalue weighted by molar-refractivity contribution is 0.0963. The molecule has 0 aliphatic carbocycles. The number of fused-ring (bicyclic) bond motifs is 1. The molecule has 0 unspecified atom stereocenters. The number of nitrogens with zero attached hydrogens (tertiary/aromatic N) is 2. The van der Waals surface area contributed by atoms with Crippen LogP contribution in [-0.2, 0) is 5.41 Å². The summed E-state index contributed by atoms with van der Waals surface area (Å²) < 4.78 is 5.93. The number of carbonyl (C=O) groups is 1. The third-order valence-corrected chi connectivity index (χ3v) is 5.13. The summed E-state index contributed by atoms with van der Waals surface area (Å²) in [6.45, 7) is 10.3. The van der Waals surface area contributed by atoms with E-state index in [1.165, 1.54) is 0 Å². The van der Waals surface area contributed by atoms with Crippen LogP contribution in [0, 0.1) is 0 Å². The molecule has 1 aliphatic rings. The second-order valence-electron chi connectivity index (χ2n) is 7.11. The number of allylic oxidation sites excluding steroid dienone is 1. The van der Waals surface area contributed by atoms with Crippen molar-refractivity contribution in [2.45, 2.75) is 33.1 Å². The highest BCUT2D eigenvalue weighted by molar-refractivity contribution is 6.10. The van der Waals surface area contributed by atoms with Gasteiger partial charge in [-0.1, -0.05) is 13.8 Å². The van der Waals surface area contributed by atoms with Crippen LogP contribution in [0.2, 0.25) is 0 Å². The fourth-order valence-electron chi connectivity index (χ4n) is 3.37. The molecule has 0 spiro atoms. The number of aliphatic imine (C=N–C) groups is 1. The molecule has 0 saturated heterocycles. The molecule has 0 fully saturated rings. The van der Waals surface area contributed by atoms with E-state index in [4.69, 9.17) is 9.41 Å². The van der Waals surface area contributed by atoms with Crippen molar-refractivity contribution in [3.05, 3.63) is 53.3 Å². The first-order valence-electron chi connectivity index (χ1n) is 9.39. The van der Waals surface area contributed by atoms with Gasteiger partial charge in [-0.25, -0.2) is 0 Å². The summed E-state index contributed by atoms with van der Waals surface area (Å²) >= 11 is 0. The lowest BCUT2D eigenvalue weighted by atomic mass is 9.80. The molecular weight excluding hydrogens is 338 g/mol. The van der Waals surface area contributed by atoms with Crippen LogP contribution in [0.25, 0.3) is 6.08 Å². The maximum Gasteiger partial charge on any atom is 0.251 e. The number of hydrogen-bond acceptors (Lipinski definition) is 4. The zero-order valence-electron chi connectivity index (χ0n) is 16.7. The molecule has 1 aromatic heterocycles. The van der Waals surface area contributed by atoms with Crippen molar-refractivity contribution in [1.29, 1.82) is 0 Å². The highest BCUT2D eigenvalue weighted by Gasteiger charge is 2.34. The van der Waals surface area contributed by atoms with Gasteiger partial charge in [-0.15, -0.1) is 0 Å². The Kier molecular flexibility index (Phi) is 5.22. The Morgan fingerprint density at radius 3 is 2.59 bits per heavy atom. The molecule has 2 heterocycles. The van der Waals surface area contributed by atoms with Crippen LogP contribution < -0.4 is 10.2 Å². The normalized spacial score (nSPS) is 14.9. The maximum absolute atomic E-state index is 11.9. The molecule has 0 radical (unpaired) electrons. The minimum atomic E-state index is -0.274. The highest BCUT2D eigenvalue weighted by atomic mass is 16.4. The first kappa shape index (κ1) is 19.0. The van der Waals surface area contributed by atoms with Gasteiger partial charge in [0.25, 0.3) is 5.91 Å². The molecule has 0 atom stereocenters. The van der Waals surface area contributed by atoms with E-state index in [1.807, 2.05) is 42.5 Å². The number of amides is 1. The van der Waals surface area contributed by atoms with Gasteiger partial charge in [0.2, 0.25) is 0 Å². The minimum Gasteiger partial charge on any atom is -0.441 e. The Morgan fingerprint density at radius 1 is 1.19 bits per heavy atom. The van der Waals surface area contributed by atoms with Gasteiger partial charge in [-0.2, -0.15) is 0 Å². The van der Waals surface area contributed by atoms with Crippen molar-refractivity contribution in [3.63, 3.8) is 0 Å². The number of carbonyl (C=O) groups excluding carboxylic acids is 1. The predicted molar refractivity (Wildman–Crippen MR) is 111 cm³/mol. The fourth-order valence-corrected chi connectivity index (χ4v) is 3.37. The van der Waals surface area contributed by atoms with Gasteiger partial charge >= 0.3 is 0 Å². The van der Waals surface area contributed by atoms with Gasteiger partial charge in [0, 0.05) is 37.2 Å². The van der Waals surface area contributed by atoms with Crippen molar-refractivity contribution in [2.75, 3.05) is 25.0 Å². The Balaban J connectivity index is 1.84. The Bertz CT molecular complexity index is 902. The number of hydrogen-bond donors (Lipinski definition) is 1. The third-order valence-electron chi connectivity index (χ3n) is 5.13. The van der Waals surface area contributed by atoms with E-state index in [-0.39, 0.29) is 11.3 Å². The fraction of sp³-hybridized carbons (Fsp3) is 0.364. The Hall–Kier alpha value is -2.82. The van der Waals surface area contributed by atoms with Crippen molar-refractivity contribution in [2.24, 2.45) is 4.99 Å². The summed E-state index contributed by atoms with van der Waals surface area (Å²) in [5.74, 6) is 1.60. The molecular formula is C22H27N3O2. The van der Waals surface area contributed by atoms with E-state index in [0.29, 0.717) is 5.56 Å². The molecule has 27 heavy (non-hydrogen) atoms. The summed E-state index contributed by atoms with van der Waals surface area (Å²) in [5.41, 5.74) is 3.30. The van der Waals surface area contributed by atoms with Crippen molar-refractivity contribution in [3.8, 4) is 0 Å². The number of furan rings is 1. The van der Waals surface area contributed by atoms with E-state index in [2.05, 4.69) is 37.9 Å². The minimum absolute atomic E-state index is 0.0860. The lowest BCUT2D eigenvalue weighted by Crippen LogP contribution is -2.24. The molecule has 0 bridgehead atoms. The topological polar surface area (TPSA) is 57.8 Å². The summed E-state index contributed by atoms with van der Waals surface area (Å²) in [4.78, 5) is 18.9. The number of anilines is 1. The van der Waals surface area contributed by atoms with Gasteiger partial charge < -0.3 is 14.6 Å². The molecule has 5 nitrogen and oxygen atoms in total. The van der Waals surface area contributed by atoms with Crippen LogP contribution in [0.3, 0.4) is 0 Å². The van der Waals surface area contributed by atoms with Crippen LogP contribution >= 0.6 is 0 Å². The monoisotopic (exact) mass is 365 g/mol. The average molecular weight is 365 g/mol. The van der Waals surface area contributed by atoms with Crippen LogP contribution in [0.15, 0.2) is 45.8 Å². The molecule has 3 rings (SSSR count). The predicted octanol–water partition coefficient (Wildman–Crippen LogP) is 4.56.